The maximum absolute atomic E-state index is 13.7. The summed E-state index contributed by atoms with van der Waals surface area (Å²) in [5.74, 6) is -2.29. The Morgan fingerprint density at radius 1 is 0.971 bits per heavy atom. The third-order valence-electron chi connectivity index (χ3n) is 5.24. The number of aliphatic carboxylic acids is 1. The summed E-state index contributed by atoms with van der Waals surface area (Å²) >= 11 is 0. The van der Waals surface area contributed by atoms with Gasteiger partial charge in [-0.05, 0) is 47.9 Å². The molecule has 2 aromatic carbocycles. The minimum atomic E-state index is -1.41. The van der Waals surface area contributed by atoms with E-state index in [1.54, 1.807) is 30.3 Å². The molecule has 2 unspecified atom stereocenters. The smallest absolute Gasteiger partial charge is 0.550 e. The molecule has 3 rings (SSSR count). The van der Waals surface area contributed by atoms with Crippen molar-refractivity contribution >= 4 is 12.0 Å². The number of benzene rings is 2. The molecule has 35 heavy (non-hydrogen) atoms. The maximum atomic E-state index is 13.7. The van der Waals surface area contributed by atoms with E-state index < -0.39 is 36.2 Å². The van der Waals surface area contributed by atoms with Gasteiger partial charge in [-0.3, -0.25) is 0 Å². The van der Waals surface area contributed by atoms with Gasteiger partial charge < -0.3 is 20.1 Å². The van der Waals surface area contributed by atoms with E-state index in [4.69, 9.17) is 0 Å². The van der Waals surface area contributed by atoms with Crippen LogP contribution in [0.15, 0.2) is 54.6 Å². The first-order chi connectivity index (χ1) is 16.2. The summed E-state index contributed by atoms with van der Waals surface area (Å²) in [6, 6.07) is 11.6. The van der Waals surface area contributed by atoms with Gasteiger partial charge in [-0.2, -0.15) is 5.10 Å². The van der Waals surface area contributed by atoms with Crippen LogP contribution in [-0.2, 0) is 4.79 Å². The number of carbonyl (C=O) groups excluding carboxylic acids is 1. The van der Waals surface area contributed by atoms with Gasteiger partial charge in [0.1, 0.15) is 17.3 Å². The van der Waals surface area contributed by atoms with Gasteiger partial charge in [0.05, 0.1) is 17.9 Å². The second-order valence-electron chi connectivity index (χ2n) is 8.28. The van der Waals surface area contributed by atoms with E-state index in [9.17, 15) is 28.9 Å². The molecule has 9 heteroatoms. The number of carboxylic acids is 1. The van der Waals surface area contributed by atoms with Crippen LogP contribution in [0, 0.1) is 11.6 Å². The molecule has 2 N–H and O–H groups in total. The summed E-state index contributed by atoms with van der Waals surface area (Å²) in [5.41, 5.74) is 3.53. The fourth-order valence-electron chi connectivity index (χ4n) is 3.62. The molecule has 1 heterocycles. The molecule has 6 nitrogen and oxygen atoms in total. The Morgan fingerprint density at radius 2 is 1.51 bits per heavy atom. The monoisotopic (exact) mass is 490 g/mol. The van der Waals surface area contributed by atoms with Gasteiger partial charge in [0.25, 0.3) is 0 Å². The molecule has 0 saturated carbocycles. The molecule has 0 fully saturated rings. The number of hydrogen-bond acceptors (Lipinski definition) is 6. The molecule has 0 aliphatic rings. The molecule has 178 valence electrons. The van der Waals surface area contributed by atoms with Crippen LogP contribution in [0.1, 0.15) is 43.9 Å². The predicted octanol–water partition coefficient (Wildman–Crippen LogP) is 0.481. The standard InChI is InChI=1S/C26H26F2N2O4.Na/c1-15(2)25-22(12-11-20(31)13-21(32)14-23(33)34)24(16-3-7-18(27)8-4-16)26(30-29-25)17-5-9-19(28)10-6-17;/h3-12,15,20-21,31-32H,13-14H2,1-2H3,(H,33,34);/q;+1/p-1/b12-11+;. The number of aliphatic hydroxyl groups excluding tert-OH is 2. The number of rotatable bonds is 9. The second kappa shape index (κ2) is 13.0. The fourth-order valence-corrected chi connectivity index (χ4v) is 3.62. The first-order valence-corrected chi connectivity index (χ1v) is 10.8. The quantitative estimate of drug-likeness (QED) is 0.423. The van der Waals surface area contributed by atoms with Crippen molar-refractivity contribution in [1.29, 1.82) is 0 Å². The van der Waals surface area contributed by atoms with Crippen LogP contribution >= 0.6 is 0 Å². The minimum Gasteiger partial charge on any atom is -0.550 e. The molecule has 0 amide bonds. The van der Waals surface area contributed by atoms with Crippen LogP contribution in [0.4, 0.5) is 8.78 Å². The van der Waals surface area contributed by atoms with E-state index in [1.807, 2.05) is 13.8 Å². The van der Waals surface area contributed by atoms with Crippen molar-refractivity contribution in [3.05, 3.63) is 77.5 Å². The second-order valence-corrected chi connectivity index (χ2v) is 8.28. The summed E-state index contributed by atoms with van der Waals surface area (Å²) in [5, 5.41) is 39.6. The number of carboxylic acid groups (broad SMARTS) is 1. The Kier molecular flexibility index (Phi) is 10.7. The van der Waals surface area contributed by atoms with Crippen molar-refractivity contribution in [1.82, 2.24) is 10.2 Å². The van der Waals surface area contributed by atoms with Crippen molar-refractivity contribution in [3.8, 4) is 22.4 Å². The Hall–Kier alpha value is -2.49. The molecule has 0 aliphatic carbocycles. The van der Waals surface area contributed by atoms with Crippen molar-refractivity contribution in [3.63, 3.8) is 0 Å². The average Bonchev–Trinajstić information content (AvgIpc) is 2.77. The zero-order valence-corrected chi connectivity index (χ0v) is 21.8. The van der Waals surface area contributed by atoms with Gasteiger partial charge in [-0.15, -0.1) is 5.10 Å². The Labute approximate surface area is 224 Å². The summed E-state index contributed by atoms with van der Waals surface area (Å²) in [6.07, 6.45) is -0.130. The van der Waals surface area contributed by atoms with E-state index in [1.165, 1.54) is 30.3 Å². The zero-order chi connectivity index (χ0) is 24.8. The molecule has 0 saturated heterocycles. The largest absolute Gasteiger partial charge is 1.00 e. The molecule has 0 spiro atoms. The molecule has 2 atom stereocenters. The van der Waals surface area contributed by atoms with Crippen molar-refractivity contribution < 1.29 is 58.5 Å². The van der Waals surface area contributed by atoms with E-state index >= 15 is 0 Å². The summed E-state index contributed by atoms with van der Waals surface area (Å²) in [6.45, 7) is 3.85. The van der Waals surface area contributed by atoms with Gasteiger partial charge in [0, 0.05) is 35.5 Å². The van der Waals surface area contributed by atoms with Crippen LogP contribution in [0.3, 0.4) is 0 Å². The van der Waals surface area contributed by atoms with Crippen molar-refractivity contribution in [2.45, 2.75) is 44.8 Å². The maximum Gasteiger partial charge on any atom is 1.00 e. The first kappa shape index (κ1) is 28.7. The van der Waals surface area contributed by atoms with Gasteiger partial charge >= 0.3 is 29.6 Å². The van der Waals surface area contributed by atoms with Crippen LogP contribution in [0.5, 0.6) is 0 Å². The normalized spacial score (nSPS) is 13.0. The van der Waals surface area contributed by atoms with Crippen LogP contribution in [0.2, 0.25) is 0 Å². The van der Waals surface area contributed by atoms with Crippen LogP contribution in [-0.4, -0.2) is 38.6 Å². The van der Waals surface area contributed by atoms with Gasteiger partial charge in [0.2, 0.25) is 0 Å². The first-order valence-electron chi connectivity index (χ1n) is 10.8. The topological polar surface area (TPSA) is 106 Å². The minimum absolute atomic E-state index is 0. The molecule has 0 bridgehead atoms. The number of aromatic nitrogens is 2. The zero-order valence-electron chi connectivity index (χ0n) is 19.8. The van der Waals surface area contributed by atoms with Gasteiger partial charge in [-0.1, -0.05) is 38.1 Å². The summed E-state index contributed by atoms with van der Waals surface area (Å²) in [4.78, 5) is 10.7. The number of halogens is 2. The van der Waals surface area contributed by atoms with Gasteiger partial charge in [-0.25, -0.2) is 8.78 Å². The predicted molar refractivity (Wildman–Crippen MR) is 122 cm³/mol. The molecule has 0 aliphatic heterocycles. The Bertz CT molecular complexity index is 1170. The fraction of sp³-hybridized carbons (Fsp3) is 0.269. The third-order valence-corrected chi connectivity index (χ3v) is 5.24. The van der Waals surface area contributed by atoms with E-state index in [0.29, 0.717) is 33.6 Å². The summed E-state index contributed by atoms with van der Waals surface area (Å²) in [7, 11) is 0. The number of carbonyl (C=O) groups is 1. The van der Waals surface area contributed by atoms with Crippen LogP contribution in [0.25, 0.3) is 28.5 Å². The van der Waals surface area contributed by atoms with Crippen molar-refractivity contribution in [2.24, 2.45) is 0 Å². The van der Waals surface area contributed by atoms with E-state index in [0.717, 1.165) is 0 Å². The van der Waals surface area contributed by atoms with E-state index in [-0.39, 0.29) is 41.9 Å². The number of nitrogens with zero attached hydrogens (tertiary/aromatic N) is 2. The number of aliphatic hydroxyl groups is 2. The number of hydrogen-bond donors (Lipinski definition) is 2. The molecule has 3 aromatic rings. The summed E-state index contributed by atoms with van der Waals surface area (Å²) < 4.78 is 27.2. The van der Waals surface area contributed by atoms with Crippen molar-refractivity contribution in [2.75, 3.05) is 0 Å². The third kappa shape index (κ3) is 7.75. The molecule has 1 aromatic heterocycles. The average molecular weight is 490 g/mol. The van der Waals surface area contributed by atoms with Crippen LogP contribution < -0.4 is 34.7 Å². The van der Waals surface area contributed by atoms with Gasteiger partial charge in [0.15, 0.2) is 0 Å². The van der Waals surface area contributed by atoms with E-state index in [2.05, 4.69) is 10.2 Å². The molecule has 0 radical (unpaired) electrons. The molecular formula is C26H25F2N2NaO4. The Morgan fingerprint density at radius 3 is 2.03 bits per heavy atom. The SMILES string of the molecule is CC(C)c1nnc(-c2ccc(F)cc2)c(-c2ccc(F)cc2)c1/C=C/C(O)CC(O)CC(=O)[O-].[Na+]. The molecular weight excluding hydrogens is 465 g/mol. The Balaban J connectivity index is 0.00000432.